The van der Waals surface area contributed by atoms with Crippen LogP contribution >= 0.6 is 0 Å². The van der Waals surface area contributed by atoms with Crippen LogP contribution in [0.2, 0.25) is 0 Å². The minimum atomic E-state index is -0.838. The van der Waals surface area contributed by atoms with Gasteiger partial charge in [0.25, 0.3) is 11.6 Å². The van der Waals surface area contributed by atoms with E-state index in [1.54, 1.807) is 13.8 Å². The molecule has 2 aromatic rings. The molecule has 0 fully saturated rings. The summed E-state index contributed by atoms with van der Waals surface area (Å²) in [5, 5.41) is 23.7. The maximum absolute atomic E-state index is 12.9. The highest BCUT2D eigenvalue weighted by atomic mass is 19.1. The van der Waals surface area contributed by atoms with Crippen LogP contribution in [0.25, 0.3) is 0 Å². The van der Waals surface area contributed by atoms with Crippen molar-refractivity contribution in [3.8, 4) is 0 Å². The molecule has 132 valence electrons. The summed E-state index contributed by atoms with van der Waals surface area (Å²) in [7, 11) is 0. The highest BCUT2D eigenvalue weighted by molar-refractivity contribution is 5.94. The minimum absolute atomic E-state index is 0.0451. The summed E-state index contributed by atoms with van der Waals surface area (Å²) in [5.74, 6) is -0.761. The van der Waals surface area contributed by atoms with Crippen LogP contribution in [0, 0.1) is 22.9 Å². The Morgan fingerprint density at radius 3 is 2.48 bits per heavy atom. The number of halogens is 1. The first-order valence-corrected chi connectivity index (χ1v) is 7.77. The zero-order valence-electron chi connectivity index (χ0n) is 13.9. The number of carbonyl (C=O) groups is 1. The predicted octanol–water partition coefficient (Wildman–Crippen LogP) is 3.28. The number of rotatable bonds is 6. The van der Waals surface area contributed by atoms with Crippen molar-refractivity contribution in [1.82, 2.24) is 5.32 Å². The van der Waals surface area contributed by atoms with Gasteiger partial charge in [0.2, 0.25) is 0 Å². The normalized spacial score (nSPS) is 13.1. The summed E-state index contributed by atoms with van der Waals surface area (Å²) in [6.07, 6.45) is -0.585. The van der Waals surface area contributed by atoms with Crippen LogP contribution in [0.1, 0.15) is 40.9 Å². The second-order valence-corrected chi connectivity index (χ2v) is 5.94. The number of nitro benzene ring substituents is 1. The molecule has 0 saturated carbocycles. The average molecular weight is 346 g/mol. The van der Waals surface area contributed by atoms with Crippen molar-refractivity contribution in [3.05, 3.63) is 75.1 Å². The first-order valence-electron chi connectivity index (χ1n) is 7.77. The van der Waals surface area contributed by atoms with Crippen molar-refractivity contribution < 1.29 is 19.2 Å². The van der Waals surface area contributed by atoms with Crippen molar-refractivity contribution in [2.24, 2.45) is 0 Å². The number of aliphatic hydroxyl groups excluding tert-OH is 1. The second kappa shape index (κ2) is 7.85. The van der Waals surface area contributed by atoms with Crippen LogP contribution < -0.4 is 5.32 Å². The molecule has 0 radical (unpaired) electrons. The first kappa shape index (κ1) is 18.5. The Hall–Kier alpha value is -2.80. The van der Waals surface area contributed by atoms with Crippen LogP contribution in [0.3, 0.4) is 0 Å². The van der Waals surface area contributed by atoms with Gasteiger partial charge in [-0.3, -0.25) is 14.9 Å². The van der Waals surface area contributed by atoms with Gasteiger partial charge in [-0.15, -0.1) is 0 Å². The van der Waals surface area contributed by atoms with E-state index in [0.29, 0.717) is 16.7 Å². The number of hydrogen-bond donors (Lipinski definition) is 2. The number of nitrogens with zero attached hydrogens (tertiary/aromatic N) is 1. The van der Waals surface area contributed by atoms with Gasteiger partial charge in [-0.1, -0.05) is 12.1 Å². The third kappa shape index (κ3) is 4.84. The van der Waals surface area contributed by atoms with Gasteiger partial charge in [-0.25, -0.2) is 4.39 Å². The average Bonchev–Trinajstić information content (AvgIpc) is 2.54. The highest BCUT2D eigenvalue weighted by Gasteiger charge is 2.17. The third-order valence-electron chi connectivity index (χ3n) is 3.86. The maximum Gasteiger partial charge on any atom is 0.272 e. The summed E-state index contributed by atoms with van der Waals surface area (Å²) in [4.78, 5) is 22.5. The minimum Gasteiger partial charge on any atom is -0.388 e. The number of amides is 1. The van der Waals surface area contributed by atoms with Crippen molar-refractivity contribution >= 4 is 11.6 Å². The lowest BCUT2D eigenvalue weighted by molar-refractivity contribution is -0.385. The molecule has 0 bridgehead atoms. The molecule has 0 aliphatic carbocycles. The zero-order valence-corrected chi connectivity index (χ0v) is 13.9. The predicted molar refractivity (Wildman–Crippen MR) is 90.7 cm³/mol. The number of nitro groups is 1. The van der Waals surface area contributed by atoms with Crippen molar-refractivity contribution in [1.29, 1.82) is 0 Å². The fourth-order valence-electron chi connectivity index (χ4n) is 2.52. The fourth-order valence-corrected chi connectivity index (χ4v) is 2.52. The number of aryl methyl sites for hydroxylation is 1. The molecular weight excluding hydrogens is 327 g/mol. The van der Waals surface area contributed by atoms with Gasteiger partial charge in [0.05, 0.1) is 11.0 Å². The Morgan fingerprint density at radius 2 is 1.92 bits per heavy atom. The topological polar surface area (TPSA) is 92.5 Å². The van der Waals surface area contributed by atoms with Crippen LogP contribution in [0.4, 0.5) is 10.1 Å². The monoisotopic (exact) mass is 346 g/mol. The van der Waals surface area contributed by atoms with E-state index < -0.39 is 11.0 Å². The van der Waals surface area contributed by atoms with Gasteiger partial charge in [0, 0.05) is 23.2 Å². The molecule has 25 heavy (non-hydrogen) atoms. The lowest BCUT2D eigenvalue weighted by atomic mass is 10.0. The number of hydrogen-bond acceptors (Lipinski definition) is 4. The van der Waals surface area contributed by atoms with Gasteiger partial charge < -0.3 is 10.4 Å². The van der Waals surface area contributed by atoms with E-state index in [1.165, 1.54) is 42.5 Å². The summed E-state index contributed by atoms with van der Waals surface area (Å²) in [5.41, 5.74) is 1.23. The molecule has 0 aliphatic rings. The summed E-state index contributed by atoms with van der Waals surface area (Å²) >= 11 is 0. The molecule has 2 atom stereocenters. The smallest absolute Gasteiger partial charge is 0.272 e. The van der Waals surface area contributed by atoms with Gasteiger partial charge in [-0.2, -0.15) is 0 Å². The summed E-state index contributed by atoms with van der Waals surface area (Å²) < 4.78 is 12.9. The van der Waals surface area contributed by atoms with Gasteiger partial charge >= 0.3 is 0 Å². The standard InChI is InChI=1S/C18H19FN2O4/c1-11-9-14(5-8-16(11)21(24)25)18(23)20-12(2)10-17(22)13-3-6-15(19)7-4-13/h3-9,12,17,22H,10H2,1-2H3,(H,20,23). The van der Waals surface area contributed by atoms with Crippen molar-refractivity contribution in [3.63, 3.8) is 0 Å². The van der Waals surface area contributed by atoms with E-state index in [1.807, 2.05) is 0 Å². The largest absolute Gasteiger partial charge is 0.388 e. The zero-order chi connectivity index (χ0) is 18.6. The molecule has 6 nitrogen and oxygen atoms in total. The molecule has 7 heteroatoms. The Morgan fingerprint density at radius 1 is 1.28 bits per heavy atom. The molecular formula is C18H19FN2O4. The van der Waals surface area contributed by atoms with Crippen molar-refractivity contribution in [2.45, 2.75) is 32.4 Å². The fraction of sp³-hybridized carbons (Fsp3) is 0.278. The molecule has 0 aromatic heterocycles. The molecule has 2 aromatic carbocycles. The first-order chi connectivity index (χ1) is 11.8. The number of carbonyl (C=O) groups excluding carboxylic acids is 1. The van der Waals surface area contributed by atoms with Crippen LogP contribution in [0.5, 0.6) is 0 Å². The van der Waals surface area contributed by atoms with Crippen LogP contribution in [0.15, 0.2) is 42.5 Å². The Kier molecular flexibility index (Phi) is 5.82. The molecule has 2 N–H and O–H groups in total. The van der Waals surface area contributed by atoms with E-state index in [0.717, 1.165) is 0 Å². The Bertz CT molecular complexity index is 777. The third-order valence-corrected chi connectivity index (χ3v) is 3.86. The Balaban J connectivity index is 1.98. The maximum atomic E-state index is 12.9. The SMILES string of the molecule is Cc1cc(C(=O)NC(C)CC(O)c2ccc(F)cc2)ccc1[N+](=O)[O-]. The van der Waals surface area contributed by atoms with Crippen LogP contribution in [-0.2, 0) is 0 Å². The molecule has 0 saturated heterocycles. The van der Waals surface area contributed by atoms with Gasteiger partial charge in [-0.05, 0) is 50.1 Å². The molecule has 0 heterocycles. The molecule has 2 rings (SSSR count). The highest BCUT2D eigenvalue weighted by Crippen LogP contribution is 2.20. The quantitative estimate of drug-likeness (QED) is 0.620. The molecule has 0 aliphatic heterocycles. The summed E-state index contributed by atoms with van der Waals surface area (Å²) in [6.45, 7) is 3.31. The lowest BCUT2D eigenvalue weighted by Gasteiger charge is -2.18. The van der Waals surface area contributed by atoms with Crippen LogP contribution in [-0.4, -0.2) is 22.0 Å². The van der Waals surface area contributed by atoms with E-state index in [-0.39, 0.29) is 29.9 Å². The van der Waals surface area contributed by atoms with E-state index in [9.17, 15) is 24.4 Å². The number of benzene rings is 2. The van der Waals surface area contributed by atoms with Gasteiger partial charge in [0.1, 0.15) is 5.82 Å². The lowest BCUT2D eigenvalue weighted by Crippen LogP contribution is -2.33. The molecule has 2 unspecified atom stereocenters. The van der Waals surface area contributed by atoms with Gasteiger partial charge in [0.15, 0.2) is 0 Å². The second-order valence-electron chi connectivity index (χ2n) is 5.94. The van der Waals surface area contributed by atoms with Crippen molar-refractivity contribution in [2.75, 3.05) is 0 Å². The van der Waals surface area contributed by atoms with E-state index >= 15 is 0 Å². The Labute approximate surface area is 144 Å². The number of aliphatic hydroxyl groups is 1. The molecule has 1 amide bonds. The van der Waals surface area contributed by atoms with E-state index in [4.69, 9.17) is 0 Å². The summed E-state index contributed by atoms with van der Waals surface area (Å²) in [6, 6.07) is 9.32. The number of nitrogens with one attached hydrogen (secondary N) is 1. The molecule has 0 spiro atoms. The van der Waals surface area contributed by atoms with E-state index in [2.05, 4.69) is 5.32 Å².